The van der Waals surface area contributed by atoms with Crippen molar-refractivity contribution in [2.24, 2.45) is 0 Å². The number of alkyl halides is 3. The third-order valence-corrected chi connectivity index (χ3v) is 14.1. The molecule has 0 radical (unpaired) electrons. The van der Waals surface area contributed by atoms with Crippen LogP contribution in [0.25, 0.3) is 0 Å². The van der Waals surface area contributed by atoms with Crippen LogP contribution in [0.5, 0.6) is 5.75 Å². The predicted molar refractivity (Wildman–Crippen MR) is 251 cm³/mol. The van der Waals surface area contributed by atoms with E-state index in [1.165, 1.54) is 42.1 Å². The lowest BCUT2D eigenvalue weighted by Gasteiger charge is -2.36. The summed E-state index contributed by atoms with van der Waals surface area (Å²) in [5, 5.41) is 2.13. The number of Topliss-reactive ketones (excluding diaryl/α,β-unsaturated/α-hetero) is 5. The number of ether oxygens (including phenoxy) is 1. The van der Waals surface area contributed by atoms with E-state index in [0.717, 1.165) is 26.4 Å². The number of rotatable bonds is 24. The standard InChI is InChI=1S/C51H54F3N5O11S/c52-51(53,54)32-9-20-44-41(31-32)58(39-6-1-2-8-43(39)71-44)25-4-24-56-26-28-57(29-27-56)46(66)22-18-36(63)15-14-34(61)11-10-33(60)12-13-35(62)16-17-37(64)23-30-70-42-7-3-5-38-47(42)50(69)59(49(38)68)40-19-21-45(65)55-48(40)67/h1-3,5-9,20,31,40H,4,10-19,21-30H2,(H,55,65,67). The van der Waals surface area contributed by atoms with Crippen LogP contribution in [0, 0.1) is 0 Å². The summed E-state index contributed by atoms with van der Waals surface area (Å²) in [6, 6.07) is 14.7. The van der Waals surface area contributed by atoms with Crippen LogP contribution in [0.4, 0.5) is 24.5 Å². The Bertz CT molecular complexity index is 2610. The van der Waals surface area contributed by atoms with Crippen molar-refractivity contribution in [1.29, 1.82) is 0 Å². The number of halogens is 3. The molecule has 0 bridgehead atoms. The number of carbonyl (C=O) groups excluding carboxylic acids is 10. The molecule has 4 aliphatic rings. The smallest absolute Gasteiger partial charge is 0.416 e. The van der Waals surface area contributed by atoms with Crippen molar-refractivity contribution in [2.75, 3.05) is 50.8 Å². The normalized spacial score (nSPS) is 16.8. The number of hydrogen-bond donors (Lipinski definition) is 1. The SMILES string of the molecule is O=C(CCOc1cccc2c1C(=O)N(C1CCC(=O)NC1=O)C2=O)CCC(=O)CCC(=O)CCC(=O)CCC(=O)CCC(=O)N1CCN(CCCN2c3ccccc3Sc3ccc(C(F)(F)F)cc32)CC1. The molecule has 5 amide bonds. The molecule has 2 fully saturated rings. The van der Waals surface area contributed by atoms with Gasteiger partial charge in [0, 0.05) is 120 Å². The molecule has 0 aliphatic carbocycles. The van der Waals surface area contributed by atoms with Gasteiger partial charge in [0.1, 0.15) is 40.7 Å². The molecule has 16 nitrogen and oxygen atoms in total. The molecular weight excluding hydrogens is 948 g/mol. The summed E-state index contributed by atoms with van der Waals surface area (Å²) < 4.78 is 46.5. The molecule has 4 heterocycles. The zero-order valence-electron chi connectivity index (χ0n) is 39.0. The number of benzene rings is 3. The highest BCUT2D eigenvalue weighted by Crippen LogP contribution is 2.49. The monoisotopic (exact) mass is 1000 g/mol. The Kier molecular flexibility index (Phi) is 17.4. The van der Waals surface area contributed by atoms with Gasteiger partial charge >= 0.3 is 6.18 Å². The Morgan fingerprint density at radius 1 is 0.648 bits per heavy atom. The third kappa shape index (κ3) is 13.5. The van der Waals surface area contributed by atoms with Crippen molar-refractivity contribution in [1.82, 2.24) is 20.0 Å². The Labute approximate surface area is 412 Å². The molecular formula is C51H54F3N5O11S. The quantitative estimate of drug-likeness (QED) is 0.0958. The molecule has 1 atom stereocenters. The summed E-state index contributed by atoms with van der Waals surface area (Å²) in [7, 11) is 0. The second-order valence-corrected chi connectivity index (χ2v) is 19.0. The fourth-order valence-corrected chi connectivity index (χ4v) is 10.0. The predicted octanol–water partition coefficient (Wildman–Crippen LogP) is 6.46. The molecule has 2 saturated heterocycles. The average Bonchev–Trinajstić information content (AvgIpc) is 3.60. The van der Waals surface area contributed by atoms with Crippen molar-refractivity contribution in [3.63, 3.8) is 0 Å². The van der Waals surface area contributed by atoms with Crippen LogP contribution >= 0.6 is 11.8 Å². The van der Waals surface area contributed by atoms with E-state index in [4.69, 9.17) is 4.74 Å². The molecule has 1 N–H and O–H groups in total. The van der Waals surface area contributed by atoms with Gasteiger partial charge in [-0.3, -0.25) is 63.1 Å². The van der Waals surface area contributed by atoms with E-state index in [-0.39, 0.29) is 142 Å². The van der Waals surface area contributed by atoms with Crippen LogP contribution in [0.15, 0.2) is 70.5 Å². The van der Waals surface area contributed by atoms with Crippen LogP contribution < -0.4 is 15.0 Å². The molecule has 0 spiro atoms. The van der Waals surface area contributed by atoms with Crippen LogP contribution in [0.2, 0.25) is 0 Å². The first-order valence-corrected chi connectivity index (χ1v) is 24.6. The van der Waals surface area contributed by atoms with Gasteiger partial charge in [0.2, 0.25) is 17.7 Å². The number of para-hydroxylation sites is 1. The molecule has 20 heteroatoms. The maximum atomic E-state index is 13.6. The van der Waals surface area contributed by atoms with Gasteiger partial charge in [-0.1, -0.05) is 30.0 Å². The number of piperazine rings is 1. The Morgan fingerprint density at radius 2 is 1.24 bits per heavy atom. The molecule has 4 aliphatic heterocycles. The molecule has 7 rings (SSSR count). The van der Waals surface area contributed by atoms with Crippen LogP contribution in [0.1, 0.15) is 116 Å². The van der Waals surface area contributed by atoms with Gasteiger partial charge in [0.25, 0.3) is 11.8 Å². The number of nitrogens with zero attached hydrogens (tertiary/aromatic N) is 4. The summed E-state index contributed by atoms with van der Waals surface area (Å²) in [4.78, 5) is 134. The van der Waals surface area contributed by atoms with Crippen LogP contribution in [0.3, 0.4) is 0 Å². The molecule has 3 aromatic carbocycles. The topological polar surface area (TPSA) is 205 Å². The van der Waals surface area contributed by atoms with Crippen LogP contribution in [-0.2, 0) is 44.5 Å². The molecule has 0 aromatic heterocycles. The lowest BCUT2D eigenvalue weighted by atomic mass is 10.0. The van der Waals surface area contributed by atoms with E-state index in [2.05, 4.69) is 10.2 Å². The number of fused-ring (bicyclic) bond motifs is 3. The van der Waals surface area contributed by atoms with E-state index >= 15 is 0 Å². The summed E-state index contributed by atoms with van der Waals surface area (Å²) >= 11 is 1.45. The first kappa shape index (κ1) is 52.3. The minimum Gasteiger partial charge on any atom is -0.492 e. The van der Waals surface area contributed by atoms with E-state index < -0.39 is 41.4 Å². The van der Waals surface area contributed by atoms with Crippen molar-refractivity contribution >= 4 is 81.6 Å². The maximum Gasteiger partial charge on any atom is 0.416 e. The second-order valence-electron chi connectivity index (χ2n) is 17.9. The van der Waals surface area contributed by atoms with Gasteiger partial charge in [-0.15, -0.1) is 0 Å². The number of carbonyl (C=O) groups is 10. The molecule has 71 heavy (non-hydrogen) atoms. The maximum absolute atomic E-state index is 13.6. The number of imide groups is 2. The number of hydrogen-bond acceptors (Lipinski definition) is 14. The second kappa shape index (κ2) is 23.6. The third-order valence-electron chi connectivity index (χ3n) is 13.0. The van der Waals surface area contributed by atoms with Gasteiger partial charge in [-0.25, -0.2) is 0 Å². The number of piperidine rings is 1. The highest BCUT2D eigenvalue weighted by Gasteiger charge is 2.46. The summed E-state index contributed by atoms with van der Waals surface area (Å²) in [5.41, 5.74) is 0.691. The largest absolute Gasteiger partial charge is 0.492 e. The van der Waals surface area contributed by atoms with Gasteiger partial charge < -0.3 is 14.5 Å². The lowest BCUT2D eigenvalue weighted by molar-refractivity contribution is -0.138. The molecule has 0 saturated carbocycles. The highest BCUT2D eigenvalue weighted by atomic mass is 32.2. The molecule has 3 aromatic rings. The zero-order valence-corrected chi connectivity index (χ0v) is 39.8. The lowest BCUT2D eigenvalue weighted by Crippen LogP contribution is -2.54. The van der Waals surface area contributed by atoms with E-state index in [1.807, 2.05) is 29.2 Å². The number of amides is 5. The highest BCUT2D eigenvalue weighted by molar-refractivity contribution is 7.99. The molecule has 376 valence electrons. The Morgan fingerprint density at radius 3 is 1.86 bits per heavy atom. The zero-order chi connectivity index (χ0) is 50.8. The van der Waals surface area contributed by atoms with Crippen molar-refractivity contribution in [3.8, 4) is 5.75 Å². The Balaban J connectivity index is 0.717. The van der Waals surface area contributed by atoms with Crippen molar-refractivity contribution < 1.29 is 65.9 Å². The van der Waals surface area contributed by atoms with E-state index in [0.29, 0.717) is 51.4 Å². The number of anilines is 2. The van der Waals surface area contributed by atoms with Crippen molar-refractivity contribution in [3.05, 3.63) is 77.4 Å². The summed E-state index contributed by atoms with van der Waals surface area (Å²) in [6.45, 7) is 3.23. The van der Waals surface area contributed by atoms with Crippen molar-refractivity contribution in [2.45, 2.75) is 112 Å². The summed E-state index contributed by atoms with van der Waals surface area (Å²) in [5.74, 6) is -4.22. The Hall–Kier alpha value is -6.54. The average molecular weight is 1000 g/mol. The fraction of sp³-hybridized carbons (Fsp3) is 0.451. The molecule has 1 unspecified atom stereocenters. The minimum absolute atomic E-state index is 0.00281. The van der Waals surface area contributed by atoms with E-state index in [9.17, 15) is 61.1 Å². The van der Waals surface area contributed by atoms with Gasteiger partial charge in [0.15, 0.2) is 0 Å². The van der Waals surface area contributed by atoms with Crippen LogP contribution in [-0.4, -0.2) is 125 Å². The van der Waals surface area contributed by atoms with Gasteiger partial charge in [-0.2, -0.15) is 13.2 Å². The van der Waals surface area contributed by atoms with E-state index in [1.54, 1.807) is 4.90 Å². The minimum atomic E-state index is -4.46. The summed E-state index contributed by atoms with van der Waals surface area (Å²) in [6.07, 6.45) is -4.61. The number of ketones is 5. The first-order chi connectivity index (χ1) is 34.0. The number of nitrogens with one attached hydrogen (secondary N) is 1. The van der Waals surface area contributed by atoms with Gasteiger partial charge in [0.05, 0.1) is 34.7 Å². The first-order valence-electron chi connectivity index (χ1n) is 23.8. The van der Waals surface area contributed by atoms with Gasteiger partial charge in [-0.05, 0) is 61.9 Å². The fourth-order valence-electron chi connectivity index (χ4n) is 8.94.